The molecular weight excluding hydrogens is 286 g/mol. The summed E-state index contributed by atoms with van der Waals surface area (Å²) < 4.78 is 10.4. The van der Waals surface area contributed by atoms with Crippen molar-refractivity contribution < 1.29 is 14.3 Å². The van der Waals surface area contributed by atoms with Gasteiger partial charge < -0.3 is 25.0 Å². The Morgan fingerprint density at radius 2 is 2.27 bits per heavy atom. The number of carbonyl (C=O) groups is 1. The van der Waals surface area contributed by atoms with E-state index < -0.39 is 0 Å². The molecule has 0 aliphatic carbocycles. The van der Waals surface area contributed by atoms with Gasteiger partial charge in [0.1, 0.15) is 24.6 Å². The summed E-state index contributed by atoms with van der Waals surface area (Å²) in [5, 5.41) is 6.28. The highest BCUT2D eigenvalue weighted by Crippen LogP contribution is 2.16. The third-order valence-corrected chi connectivity index (χ3v) is 3.42. The highest BCUT2D eigenvalue weighted by molar-refractivity contribution is 5.77. The van der Waals surface area contributed by atoms with Gasteiger partial charge in [-0.25, -0.2) is 9.97 Å². The average molecular weight is 309 g/mol. The van der Waals surface area contributed by atoms with E-state index in [2.05, 4.69) is 20.6 Å². The fourth-order valence-corrected chi connectivity index (χ4v) is 2.29. The first-order valence-electron chi connectivity index (χ1n) is 7.22. The third kappa shape index (κ3) is 4.54. The van der Waals surface area contributed by atoms with Crippen LogP contribution in [0.3, 0.4) is 0 Å². The lowest BCUT2D eigenvalue weighted by atomic mass is 10.0. The zero-order valence-corrected chi connectivity index (χ0v) is 13.2. The van der Waals surface area contributed by atoms with Gasteiger partial charge in [-0.05, 0) is 6.42 Å². The number of hydrogen-bond acceptors (Lipinski definition) is 7. The van der Waals surface area contributed by atoms with Crippen LogP contribution in [0.15, 0.2) is 12.4 Å². The largest absolute Gasteiger partial charge is 0.379 e. The average Bonchev–Trinajstić information content (AvgIpc) is 2.50. The summed E-state index contributed by atoms with van der Waals surface area (Å²) in [4.78, 5) is 22.0. The minimum atomic E-state index is -0.127. The molecule has 1 aliphatic rings. The zero-order chi connectivity index (χ0) is 15.9. The molecule has 2 heterocycles. The summed E-state index contributed by atoms with van der Waals surface area (Å²) in [6.07, 6.45) is 2.26. The van der Waals surface area contributed by atoms with Gasteiger partial charge in [0.05, 0.1) is 18.7 Å². The number of carbonyl (C=O) groups excluding carboxylic acids is 1. The number of hydrogen-bond donors (Lipinski definition) is 2. The number of rotatable bonds is 6. The summed E-state index contributed by atoms with van der Waals surface area (Å²) in [5.74, 6) is 1.40. The predicted molar refractivity (Wildman–Crippen MR) is 83.0 cm³/mol. The topological polar surface area (TPSA) is 88.6 Å². The standard InChI is InChI=1S/C14H23N5O3/c1-19(2)13-6-12(15-9-16-13)17-11-7-22-5-4-10(11)18-14(20)8-21-3/h6,9-11H,4-5,7-8H2,1-3H3,(H,18,20)(H,15,16,17)/t10-,11+/m0/s1. The summed E-state index contributed by atoms with van der Waals surface area (Å²) in [6, 6.07) is 1.80. The van der Waals surface area contributed by atoms with Gasteiger partial charge in [-0.3, -0.25) is 4.79 Å². The number of nitrogens with zero attached hydrogens (tertiary/aromatic N) is 3. The van der Waals surface area contributed by atoms with E-state index >= 15 is 0 Å². The maximum Gasteiger partial charge on any atom is 0.246 e. The fourth-order valence-electron chi connectivity index (χ4n) is 2.29. The van der Waals surface area contributed by atoms with E-state index in [-0.39, 0.29) is 24.6 Å². The number of anilines is 2. The molecule has 0 saturated carbocycles. The quantitative estimate of drug-likeness (QED) is 0.757. The van der Waals surface area contributed by atoms with Gasteiger partial charge in [0.25, 0.3) is 0 Å². The van der Waals surface area contributed by atoms with Gasteiger partial charge >= 0.3 is 0 Å². The van der Waals surface area contributed by atoms with E-state index in [9.17, 15) is 4.79 Å². The van der Waals surface area contributed by atoms with E-state index in [1.54, 1.807) is 0 Å². The molecule has 0 radical (unpaired) electrons. The highest BCUT2D eigenvalue weighted by Gasteiger charge is 2.27. The van der Waals surface area contributed by atoms with E-state index in [1.807, 2.05) is 25.1 Å². The molecule has 122 valence electrons. The van der Waals surface area contributed by atoms with Gasteiger partial charge in [-0.2, -0.15) is 0 Å². The normalized spacial score (nSPS) is 21.2. The summed E-state index contributed by atoms with van der Waals surface area (Å²) in [7, 11) is 5.34. The van der Waals surface area contributed by atoms with Gasteiger partial charge in [0.15, 0.2) is 0 Å². The molecule has 1 aromatic heterocycles. The van der Waals surface area contributed by atoms with Crippen molar-refractivity contribution in [3.63, 3.8) is 0 Å². The molecule has 2 atom stereocenters. The van der Waals surface area contributed by atoms with Crippen LogP contribution in [-0.2, 0) is 14.3 Å². The van der Waals surface area contributed by atoms with Crippen LogP contribution >= 0.6 is 0 Å². The van der Waals surface area contributed by atoms with Crippen molar-refractivity contribution in [1.29, 1.82) is 0 Å². The molecule has 0 unspecified atom stereocenters. The molecule has 1 amide bonds. The number of methoxy groups -OCH3 is 1. The van der Waals surface area contributed by atoms with Crippen LogP contribution in [0.2, 0.25) is 0 Å². The van der Waals surface area contributed by atoms with Crippen LogP contribution in [0.4, 0.5) is 11.6 Å². The minimum Gasteiger partial charge on any atom is -0.379 e. The van der Waals surface area contributed by atoms with Crippen LogP contribution in [0.1, 0.15) is 6.42 Å². The Morgan fingerprint density at radius 3 is 3.00 bits per heavy atom. The Morgan fingerprint density at radius 1 is 1.45 bits per heavy atom. The molecule has 8 nitrogen and oxygen atoms in total. The van der Waals surface area contributed by atoms with E-state index in [4.69, 9.17) is 9.47 Å². The lowest BCUT2D eigenvalue weighted by Gasteiger charge is -2.33. The van der Waals surface area contributed by atoms with Crippen molar-refractivity contribution in [3.05, 3.63) is 12.4 Å². The predicted octanol–water partition coefficient (Wildman–Crippen LogP) is -0.125. The number of nitrogens with one attached hydrogen (secondary N) is 2. The first-order chi connectivity index (χ1) is 10.6. The molecule has 0 bridgehead atoms. The van der Waals surface area contributed by atoms with Crippen molar-refractivity contribution in [1.82, 2.24) is 15.3 Å². The molecule has 2 rings (SSSR count). The molecule has 1 fully saturated rings. The fraction of sp³-hybridized carbons (Fsp3) is 0.643. The summed E-state index contributed by atoms with van der Waals surface area (Å²) in [5.41, 5.74) is 0. The van der Waals surface area contributed by atoms with Crippen molar-refractivity contribution in [3.8, 4) is 0 Å². The molecule has 2 N–H and O–H groups in total. The maximum absolute atomic E-state index is 11.7. The minimum absolute atomic E-state index is 0.0193. The van der Waals surface area contributed by atoms with E-state index in [0.717, 1.165) is 12.2 Å². The Kier molecular flexibility index (Phi) is 5.91. The first-order valence-corrected chi connectivity index (χ1v) is 7.22. The van der Waals surface area contributed by atoms with E-state index in [0.29, 0.717) is 19.0 Å². The van der Waals surface area contributed by atoms with Gasteiger partial charge in [0.2, 0.25) is 5.91 Å². The summed E-state index contributed by atoms with van der Waals surface area (Å²) >= 11 is 0. The highest BCUT2D eigenvalue weighted by atomic mass is 16.5. The van der Waals surface area contributed by atoms with Crippen LogP contribution in [0, 0.1) is 0 Å². The van der Waals surface area contributed by atoms with Crippen LogP contribution in [0.5, 0.6) is 0 Å². The van der Waals surface area contributed by atoms with Crippen molar-refractivity contribution in [2.24, 2.45) is 0 Å². The molecule has 1 saturated heterocycles. The van der Waals surface area contributed by atoms with Crippen LogP contribution in [0.25, 0.3) is 0 Å². The second-order valence-corrected chi connectivity index (χ2v) is 5.38. The second kappa shape index (κ2) is 7.90. The monoisotopic (exact) mass is 309 g/mol. The lowest BCUT2D eigenvalue weighted by Crippen LogP contribution is -2.53. The molecule has 0 spiro atoms. The summed E-state index contributed by atoms with van der Waals surface area (Å²) in [6.45, 7) is 1.20. The lowest BCUT2D eigenvalue weighted by molar-refractivity contribution is -0.126. The zero-order valence-electron chi connectivity index (χ0n) is 13.2. The number of amides is 1. The molecule has 0 aromatic carbocycles. The molecule has 22 heavy (non-hydrogen) atoms. The smallest absolute Gasteiger partial charge is 0.246 e. The van der Waals surface area contributed by atoms with Crippen LogP contribution in [-0.4, -0.2) is 69.0 Å². The Bertz CT molecular complexity index is 497. The van der Waals surface area contributed by atoms with Crippen molar-refractivity contribution >= 4 is 17.5 Å². The number of ether oxygens (including phenoxy) is 2. The number of aromatic nitrogens is 2. The van der Waals surface area contributed by atoms with Crippen LogP contribution < -0.4 is 15.5 Å². The third-order valence-electron chi connectivity index (χ3n) is 3.42. The molecule has 1 aliphatic heterocycles. The van der Waals surface area contributed by atoms with Gasteiger partial charge in [-0.15, -0.1) is 0 Å². The van der Waals surface area contributed by atoms with E-state index in [1.165, 1.54) is 13.4 Å². The molecular formula is C14H23N5O3. The van der Waals surface area contributed by atoms with Crippen molar-refractivity contribution in [2.45, 2.75) is 18.5 Å². The maximum atomic E-state index is 11.7. The second-order valence-electron chi connectivity index (χ2n) is 5.38. The molecule has 8 heteroatoms. The Balaban J connectivity index is 2.01. The van der Waals surface area contributed by atoms with Gasteiger partial charge in [0, 0.05) is 33.9 Å². The van der Waals surface area contributed by atoms with Gasteiger partial charge in [-0.1, -0.05) is 0 Å². The Labute approximate surface area is 130 Å². The Hall–Kier alpha value is -1.93. The first kappa shape index (κ1) is 16.4. The SMILES string of the molecule is COCC(=O)N[C@H]1CCOC[C@H]1Nc1cc(N(C)C)ncn1. The van der Waals surface area contributed by atoms with Crippen molar-refractivity contribution in [2.75, 3.05) is 51.2 Å². The molecule has 1 aromatic rings.